The minimum atomic E-state index is -3.86. The highest BCUT2D eigenvalue weighted by molar-refractivity contribution is 7.92. The maximum atomic E-state index is 13.5. The van der Waals surface area contributed by atoms with Crippen molar-refractivity contribution < 1.29 is 13.2 Å². The Kier molecular flexibility index (Phi) is 7.06. The summed E-state index contributed by atoms with van der Waals surface area (Å²) in [6, 6.07) is 12.0. The number of anilines is 1. The van der Waals surface area contributed by atoms with E-state index in [1.165, 1.54) is 42.1 Å². The van der Waals surface area contributed by atoms with Crippen LogP contribution >= 0.6 is 11.6 Å². The second-order valence-electron chi connectivity index (χ2n) is 9.82. The van der Waals surface area contributed by atoms with Crippen LogP contribution in [0.1, 0.15) is 50.2 Å². The van der Waals surface area contributed by atoms with Crippen molar-refractivity contribution in [3.63, 3.8) is 0 Å². The first kappa shape index (κ1) is 24.1. The van der Waals surface area contributed by atoms with Crippen LogP contribution in [0.4, 0.5) is 5.69 Å². The number of hydrogen-bond acceptors (Lipinski definition) is 3. The molecule has 0 spiro atoms. The predicted molar refractivity (Wildman–Crippen MR) is 133 cm³/mol. The highest BCUT2D eigenvalue weighted by atomic mass is 35.5. The van der Waals surface area contributed by atoms with Crippen molar-refractivity contribution in [1.29, 1.82) is 0 Å². The van der Waals surface area contributed by atoms with Crippen molar-refractivity contribution in [2.45, 2.75) is 63.8 Å². The standard InChI is InChI=1S/C26H33ClN2O3S/c1-17-12-18(2)14-23(13-17)29(33(31,32)24-8-6-22(27)7-9-24)11-10-26(30)28-19(3)25-16-20-4-5-21(25)15-20/h6-9,12-14,19-21,25H,4-5,10-11,15-16H2,1-3H3,(H,28,30)/t19-,20+,21+,25+/m1/s1. The smallest absolute Gasteiger partial charge is 0.264 e. The fraction of sp³-hybridized carbons (Fsp3) is 0.500. The molecule has 2 aromatic rings. The summed E-state index contributed by atoms with van der Waals surface area (Å²) in [4.78, 5) is 13.0. The Balaban J connectivity index is 1.51. The molecule has 1 N–H and O–H groups in total. The minimum absolute atomic E-state index is 0.0725. The Labute approximate surface area is 202 Å². The summed E-state index contributed by atoms with van der Waals surface area (Å²) in [6.45, 7) is 6.04. The number of halogens is 1. The molecule has 178 valence electrons. The molecule has 5 nitrogen and oxygen atoms in total. The number of nitrogens with zero attached hydrogens (tertiary/aromatic N) is 1. The van der Waals surface area contributed by atoms with Crippen LogP contribution in [-0.4, -0.2) is 26.9 Å². The Morgan fingerprint density at radius 1 is 1.09 bits per heavy atom. The number of hydrogen-bond donors (Lipinski definition) is 1. The van der Waals surface area contributed by atoms with Crippen LogP contribution < -0.4 is 9.62 Å². The van der Waals surface area contributed by atoms with E-state index in [-0.39, 0.29) is 29.8 Å². The van der Waals surface area contributed by atoms with Gasteiger partial charge in [-0.05, 0) is 105 Å². The SMILES string of the molecule is Cc1cc(C)cc(N(CCC(=O)N[C@H](C)[C@@H]2C[C@H]3CC[C@H]2C3)S(=O)(=O)c2ccc(Cl)cc2)c1. The number of amides is 1. The van der Waals surface area contributed by atoms with Gasteiger partial charge in [-0.15, -0.1) is 0 Å². The summed E-state index contributed by atoms with van der Waals surface area (Å²) in [7, 11) is -3.86. The Bertz CT molecular complexity index is 1100. The lowest BCUT2D eigenvalue weighted by atomic mass is 9.84. The topological polar surface area (TPSA) is 66.5 Å². The number of benzene rings is 2. The van der Waals surface area contributed by atoms with Crippen molar-refractivity contribution >= 4 is 33.2 Å². The van der Waals surface area contributed by atoms with Gasteiger partial charge in [0.15, 0.2) is 0 Å². The summed E-state index contributed by atoms with van der Waals surface area (Å²) in [5, 5.41) is 3.63. The molecule has 4 atom stereocenters. The molecule has 0 aliphatic heterocycles. The summed E-state index contributed by atoms with van der Waals surface area (Å²) in [6.07, 6.45) is 5.20. The number of carbonyl (C=O) groups excluding carboxylic acids is 1. The molecule has 0 heterocycles. The molecule has 7 heteroatoms. The molecule has 1 amide bonds. The molecule has 2 aliphatic carbocycles. The zero-order valence-electron chi connectivity index (χ0n) is 19.6. The third-order valence-corrected chi connectivity index (χ3v) is 9.36. The summed E-state index contributed by atoms with van der Waals surface area (Å²) < 4.78 is 28.4. The van der Waals surface area contributed by atoms with Gasteiger partial charge in [0, 0.05) is 24.0 Å². The first-order valence-corrected chi connectivity index (χ1v) is 13.6. The van der Waals surface area contributed by atoms with E-state index < -0.39 is 10.0 Å². The fourth-order valence-electron chi connectivity index (χ4n) is 5.76. The normalized spacial score (nSPS) is 22.8. The van der Waals surface area contributed by atoms with Crippen LogP contribution in [0.5, 0.6) is 0 Å². The van der Waals surface area contributed by atoms with Gasteiger partial charge in [-0.2, -0.15) is 0 Å². The third-order valence-electron chi connectivity index (χ3n) is 7.26. The molecule has 2 fully saturated rings. The van der Waals surface area contributed by atoms with Gasteiger partial charge in [-0.1, -0.05) is 24.1 Å². The molecule has 2 saturated carbocycles. The van der Waals surface area contributed by atoms with Gasteiger partial charge in [0.25, 0.3) is 10.0 Å². The van der Waals surface area contributed by atoms with Crippen LogP contribution in [0.25, 0.3) is 0 Å². The lowest BCUT2D eigenvalue weighted by Crippen LogP contribution is -2.42. The first-order valence-electron chi connectivity index (χ1n) is 11.8. The van der Waals surface area contributed by atoms with Crippen molar-refractivity contribution in [3.05, 3.63) is 58.6 Å². The second-order valence-corrected chi connectivity index (χ2v) is 12.1. The zero-order chi connectivity index (χ0) is 23.8. The maximum absolute atomic E-state index is 13.5. The van der Waals surface area contributed by atoms with E-state index in [9.17, 15) is 13.2 Å². The van der Waals surface area contributed by atoms with Crippen LogP contribution in [0, 0.1) is 31.6 Å². The summed E-state index contributed by atoms with van der Waals surface area (Å²) in [5.41, 5.74) is 2.50. The molecule has 0 unspecified atom stereocenters. The van der Waals surface area contributed by atoms with Gasteiger partial charge in [0.2, 0.25) is 5.91 Å². The van der Waals surface area contributed by atoms with Gasteiger partial charge < -0.3 is 5.32 Å². The predicted octanol–water partition coefficient (Wildman–Crippen LogP) is 5.48. The van der Waals surface area contributed by atoms with Gasteiger partial charge in [-0.3, -0.25) is 9.10 Å². The molecule has 4 rings (SSSR count). The zero-order valence-corrected chi connectivity index (χ0v) is 21.1. The molecule has 2 aromatic carbocycles. The van der Waals surface area contributed by atoms with Gasteiger partial charge >= 0.3 is 0 Å². The van der Waals surface area contributed by atoms with Gasteiger partial charge in [-0.25, -0.2) is 8.42 Å². The van der Waals surface area contributed by atoms with Crippen LogP contribution in [-0.2, 0) is 14.8 Å². The lowest BCUT2D eigenvalue weighted by Gasteiger charge is -2.29. The third kappa shape index (κ3) is 5.38. The first-order chi connectivity index (χ1) is 15.6. The molecule has 2 aliphatic rings. The Morgan fingerprint density at radius 2 is 1.76 bits per heavy atom. The number of sulfonamides is 1. The molecular formula is C26H33ClN2O3S. The molecule has 0 aromatic heterocycles. The van der Waals surface area contributed by atoms with Crippen LogP contribution in [0.15, 0.2) is 47.4 Å². The highest BCUT2D eigenvalue weighted by Gasteiger charge is 2.42. The van der Waals surface area contributed by atoms with E-state index in [0.717, 1.165) is 23.0 Å². The minimum Gasteiger partial charge on any atom is -0.353 e. The molecular weight excluding hydrogens is 456 g/mol. The maximum Gasteiger partial charge on any atom is 0.264 e. The van der Waals surface area contributed by atoms with Crippen molar-refractivity contribution in [2.24, 2.45) is 17.8 Å². The fourth-order valence-corrected chi connectivity index (χ4v) is 7.33. The van der Waals surface area contributed by atoms with Crippen molar-refractivity contribution in [2.75, 3.05) is 10.8 Å². The van der Waals surface area contributed by atoms with E-state index in [2.05, 4.69) is 12.2 Å². The van der Waals surface area contributed by atoms with E-state index >= 15 is 0 Å². The van der Waals surface area contributed by atoms with Crippen LogP contribution in [0.2, 0.25) is 5.02 Å². The number of fused-ring (bicyclic) bond motifs is 2. The number of rotatable bonds is 8. The van der Waals surface area contributed by atoms with Gasteiger partial charge in [0.1, 0.15) is 0 Å². The van der Waals surface area contributed by atoms with E-state index in [1.807, 2.05) is 32.0 Å². The molecule has 0 saturated heterocycles. The Morgan fingerprint density at radius 3 is 2.33 bits per heavy atom. The molecule has 0 radical (unpaired) electrons. The summed E-state index contributed by atoms with van der Waals surface area (Å²) >= 11 is 5.97. The number of carbonyl (C=O) groups is 1. The number of nitrogens with one attached hydrogen (secondary N) is 1. The van der Waals surface area contributed by atoms with Crippen LogP contribution in [0.3, 0.4) is 0 Å². The van der Waals surface area contributed by atoms with Crippen molar-refractivity contribution in [3.8, 4) is 0 Å². The van der Waals surface area contributed by atoms with E-state index in [4.69, 9.17) is 11.6 Å². The van der Waals surface area contributed by atoms with Gasteiger partial charge in [0.05, 0.1) is 10.6 Å². The number of aryl methyl sites for hydroxylation is 2. The largest absolute Gasteiger partial charge is 0.353 e. The lowest BCUT2D eigenvalue weighted by molar-refractivity contribution is -0.121. The second kappa shape index (κ2) is 9.67. The quantitative estimate of drug-likeness (QED) is 0.534. The van der Waals surface area contributed by atoms with E-state index in [1.54, 1.807) is 12.1 Å². The average molecular weight is 489 g/mol. The van der Waals surface area contributed by atoms with E-state index in [0.29, 0.717) is 16.6 Å². The monoisotopic (exact) mass is 488 g/mol. The average Bonchev–Trinajstić information content (AvgIpc) is 3.37. The van der Waals surface area contributed by atoms with Crippen molar-refractivity contribution in [1.82, 2.24) is 5.32 Å². The molecule has 33 heavy (non-hydrogen) atoms. The highest BCUT2D eigenvalue weighted by Crippen LogP contribution is 2.49. The molecule has 2 bridgehead atoms. The summed E-state index contributed by atoms with van der Waals surface area (Å²) in [5.74, 6) is 1.98. The Hall–Kier alpha value is -2.05.